The molecule has 1 amide bonds. The lowest BCUT2D eigenvalue weighted by Gasteiger charge is -2.28. The topological polar surface area (TPSA) is 56.7 Å². The number of aromatic nitrogens is 1. The monoisotopic (exact) mass is 311 g/mol. The normalized spacial score (nSPS) is 16.8. The van der Waals surface area contributed by atoms with Gasteiger partial charge in [0.2, 0.25) is 0 Å². The van der Waals surface area contributed by atoms with E-state index in [1.807, 2.05) is 14.1 Å². The fraction of sp³-hybridized carbons (Fsp3) is 0.600. The van der Waals surface area contributed by atoms with Crippen molar-refractivity contribution in [3.63, 3.8) is 0 Å². The molecule has 2 rings (SSSR count). The lowest BCUT2D eigenvalue weighted by molar-refractivity contribution is 0.0157. The van der Waals surface area contributed by atoms with Crippen LogP contribution in [0.15, 0.2) is 12.1 Å². The number of carbonyl (C=O) groups is 1. The largest absolute Gasteiger partial charge is 0.388 e. The number of aliphatic hydroxyl groups is 1. The second-order valence-electron chi connectivity index (χ2n) is 6.02. The summed E-state index contributed by atoms with van der Waals surface area (Å²) in [7, 11) is 5.40. The van der Waals surface area contributed by atoms with Gasteiger partial charge in [0.15, 0.2) is 0 Å². The molecule has 1 aliphatic carbocycles. The quantitative estimate of drug-likeness (QED) is 0.866. The molecule has 1 saturated carbocycles. The fourth-order valence-corrected chi connectivity index (χ4v) is 2.96. The zero-order valence-electron chi connectivity index (χ0n) is 12.8. The number of hydrogen-bond donors (Lipinski definition) is 1. The Labute approximate surface area is 130 Å². The molecule has 0 spiro atoms. The number of amides is 1. The molecule has 1 aromatic rings. The third-order valence-corrected chi connectivity index (χ3v) is 4.09. The Hall–Kier alpha value is -1.33. The van der Waals surface area contributed by atoms with Gasteiger partial charge in [-0.15, -0.1) is 0 Å². The highest BCUT2D eigenvalue weighted by Gasteiger charge is 2.33. The molecule has 1 aliphatic rings. The summed E-state index contributed by atoms with van der Waals surface area (Å²) in [4.78, 5) is 20.0. The van der Waals surface area contributed by atoms with E-state index >= 15 is 0 Å². The van der Waals surface area contributed by atoms with Crippen LogP contribution in [0.3, 0.4) is 0 Å². The van der Waals surface area contributed by atoms with Crippen LogP contribution in [0.2, 0.25) is 5.15 Å². The summed E-state index contributed by atoms with van der Waals surface area (Å²) in [6.45, 7) is 0.350. The third kappa shape index (κ3) is 3.86. The van der Waals surface area contributed by atoms with Gasteiger partial charge in [0.05, 0.1) is 5.60 Å². The van der Waals surface area contributed by atoms with Crippen molar-refractivity contribution in [2.45, 2.75) is 31.3 Å². The van der Waals surface area contributed by atoms with Crippen LogP contribution in [0.5, 0.6) is 0 Å². The molecular formula is C15H22ClN3O2. The van der Waals surface area contributed by atoms with Gasteiger partial charge in [0.1, 0.15) is 11.0 Å². The second kappa shape index (κ2) is 6.20. The first-order valence-electron chi connectivity index (χ1n) is 7.13. The number of nitrogens with zero attached hydrogens (tertiary/aromatic N) is 3. The van der Waals surface area contributed by atoms with Crippen LogP contribution >= 0.6 is 11.6 Å². The molecule has 0 saturated heterocycles. The van der Waals surface area contributed by atoms with Crippen molar-refractivity contribution in [1.82, 2.24) is 9.88 Å². The number of pyridine rings is 1. The number of likely N-dealkylation sites (N-methyl/N-ethyl adjacent to an activating group) is 1. The van der Waals surface area contributed by atoms with Crippen LogP contribution in [0, 0.1) is 0 Å². The van der Waals surface area contributed by atoms with E-state index in [0.717, 1.165) is 25.7 Å². The van der Waals surface area contributed by atoms with Crippen molar-refractivity contribution >= 4 is 23.3 Å². The Kier molecular flexibility index (Phi) is 4.74. The number of rotatable bonds is 4. The van der Waals surface area contributed by atoms with Crippen molar-refractivity contribution in [2.24, 2.45) is 0 Å². The molecule has 1 fully saturated rings. The predicted octanol–water partition coefficient (Wildman–Crippen LogP) is 2.18. The zero-order chi connectivity index (χ0) is 15.6. The van der Waals surface area contributed by atoms with Crippen molar-refractivity contribution in [3.8, 4) is 0 Å². The Morgan fingerprint density at radius 2 is 1.95 bits per heavy atom. The van der Waals surface area contributed by atoms with Crippen molar-refractivity contribution in [2.75, 3.05) is 32.6 Å². The Bertz CT molecular complexity index is 528. The molecule has 0 atom stereocenters. The van der Waals surface area contributed by atoms with E-state index in [1.165, 1.54) is 0 Å². The maximum absolute atomic E-state index is 12.5. The molecule has 1 heterocycles. The molecule has 116 valence electrons. The van der Waals surface area contributed by atoms with E-state index in [0.29, 0.717) is 17.9 Å². The first-order valence-corrected chi connectivity index (χ1v) is 7.51. The van der Waals surface area contributed by atoms with E-state index in [4.69, 9.17) is 11.6 Å². The smallest absolute Gasteiger partial charge is 0.253 e. The number of anilines is 1. The minimum absolute atomic E-state index is 0.150. The van der Waals surface area contributed by atoms with Crippen LogP contribution in [-0.2, 0) is 0 Å². The van der Waals surface area contributed by atoms with Gasteiger partial charge >= 0.3 is 0 Å². The molecular weight excluding hydrogens is 290 g/mol. The van der Waals surface area contributed by atoms with E-state index in [2.05, 4.69) is 4.98 Å². The summed E-state index contributed by atoms with van der Waals surface area (Å²) >= 11 is 5.98. The Morgan fingerprint density at radius 3 is 2.52 bits per heavy atom. The minimum atomic E-state index is -0.744. The van der Waals surface area contributed by atoms with Crippen LogP contribution in [0.25, 0.3) is 0 Å². The lowest BCUT2D eigenvalue weighted by Crippen LogP contribution is -2.42. The standard InChI is InChI=1S/C15H22ClN3O2/c1-18(2)13-9-11(8-12(16)17-13)14(20)19(3)10-15(21)6-4-5-7-15/h8-9,21H,4-7,10H2,1-3H3. The van der Waals surface area contributed by atoms with E-state index < -0.39 is 5.60 Å². The Balaban J connectivity index is 2.15. The summed E-state index contributed by atoms with van der Waals surface area (Å²) in [5.41, 5.74) is -0.256. The maximum Gasteiger partial charge on any atom is 0.253 e. The number of hydrogen-bond acceptors (Lipinski definition) is 4. The first-order chi connectivity index (χ1) is 9.81. The van der Waals surface area contributed by atoms with Gasteiger partial charge in [-0.05, 0) is 25.0 Å². The van der Waals surface area contributed by atoms with Crippen molar-refractivity contribution in [1.29, 1.82) is 0 Å². The predicted molar refractivity (Wildman–Crippen MR) is 84.0 cm³/mol. The van der Waals surface area contributed by atoms with Crippen LogP contribution in [0.4, 0.5) is 5.82 Å². The molecule has 0 radical (unpaired) electrons. The first kappa shape index (κ1) is 16.0. The average Bonchev–Trinajstić information content (AvgIpc) is 2.83. The maximum atomic E-state index is 12.5. The molecule has 1 N–H and O–H groups in total. The SMILES string of the molecule is CN(CC1(O)CCCC1)C(=O)c1cc(Cl)nc(N(C)C)c1. The van der Waals surface area contributed by atoms with Crippen molar-refractivity contribution in [3.05, 3.63) is 22.8 Å². The van der Waals surface area contributed by atoms with E-state index in [1.54, 1.807) is 29.0 Å². The van der Waals surface area contributed by atoms with Crippen molar-refractivity contribution < 1.29 is 9.90 Å². The number of carbonyl (C=O) groups excluding carboxylic acids is 1. The lowest BCUT2D eigenvalue weighted by atomic mass is 10.0. The summed E-state index contributed by atoms with van der Waals surface area (Å²) in [6, 6.07) is 3.27. The summed E-state index contributed by atoms with van der Waals surface area (Å²) in [6.07, 6.45) is 3.55. The molecule has 1 aromatic heterocycles. The zero-order valence-corrected chi connectivity index (χ0v) is 13.5. The van der Waals surface area contributed by atoms with Gasteiger partial charge in [-0.2, -0.15) is 0 Å². The van der Waals surface area contributed by atoms with Crippen LogP contribution < -0.4 is 4.90 Å². The van der Waals surface area contributed by atoms with Gasteiger partial charge in [-0.25, -0.2) is 4.98 Å². The van der Waals surface area contributed by atoms with Gasteiger partial charge in [0.25, 0.3) is 5.91 Å². The van der Waals surface area contributed by atoms with Crippen LogP contribution in [-0.4, -0.2) is 54.2 Å². The second-order valence-corrected chi connectivity index (χ2v) is 6.41. The molecule has 21 heavy (non-hydrogen) atoms. The average molecular weight is 312 g/mol. The summed E-state index contributed by atoms with van der Waals surface area (Å²) < 4.78 is 0. The molecule has 5 nitrogen and oxygen atoms in total. The third-order valence-electron chi connectivity index (χ3n) is 3.90. The van der Waals surface area contributed by atoms with E-state index in [-0.39, 0.29) is 11.1 Å². The fourth-order valence-electron chi connectivity index (χ4n) is 2.76. The Morgan fingerprint density at radius 1 is 1.33 bits per heavy atom. The molecule has 0 aliphatic heterocycles. The highest BCUT2D eigenvalue weighted by molar-refractivity contribution is 6.29. The molecule has 0 bridgehead atoms. The van der Waals surface area contributed by atoms with Gasteiger partial charge in [-0.3, -0.25) is 4.79 Å². The van der Waals surface area contributed by atoms with Crippen LogP contribution in [0.1, 0.15) is 36.0 Å². The van der Waals surface area contributed by atoms with Gasteiger partial charge in [0, 0.05) is 33.3 Å². The van der Waals surface area contributed by atoms with Gasteiger partial charge in [-0.1, -0.05) is 24.4 Å². The summed E-state index contributed by atoms with van der Waals surface area (Å²) in [5, 5.41) is 10.7. The van der Waals surface area contributed by atoms with Gasteiger partial charge < -0.3 is 14.9 Å². The highest BCUT2D eigenvalue weighted by Crippen LogP contribution is 2.30. The summed E-state index contributed by atoms with van der Waals surface area (Å²) in [5.74, 6) is 0.488. The minimum Gasteiger partial charge on any atom is -0.388 e. The molecule has 6 heteroatoms. The molecule has 0 aromatic carbocycles. The number of halogens is 1. The molecule has 0 unspecified atom stereocenters. The van der Waals surface area contributed by atoms with E-state index in [9.17, 15) is 9.90 Å². The highest BCUT2D eigenvalue weighted by atomic mass is 35.5.